The summed E-state index contributed by atoms with van der Waals surface area (Å²) in [7, 11) is 0. The van der Waals surface area contributed by atoms with Crippen LogP contribution in [0, 0.1) is 16.4 Å². The zero-order valence-corrected chi connectivity index (χ0v) is 12.3. The van der Waals surface area contributed by atoms with E-state index >= 15 is 0 Å². The summed E-state index contributed by atoms with van der Waals surface area (Å²) in [5, 5.41) is 0. The Labute approximate surface area is 126 Å². The second-order valence-electron chi connectivity index (χ2n) is 5.11. The van der Waals surface area contributed by atoms with Crippen molar-refractivity contribution in [2.24, 2.45) is 0 Å². The number of nitrogens with zero attached hydrogens (tertiary/aromatic N) is 1. The smallest absolute Gasteiger partial charge is 0.184 e. The predicted molar refractivity (Wildman–Crippen MR) is 81.9 cm³/mol. The second-order valence-corrected chi connectivity index (χ2v) is 5.50. The minimum absolute atomic E-state index is 0.138. The molecule has 1 unspecified atom stereocenters. The van der Waals surface area contributed by atoms with Gasteiger partial charge in [0, 0.05) is 6.54 Å². The molecule has 1 aromatic heterocycles. The molecule has 0 saturated carbocycles. The van der Waals surface area contributed by atoms with Gasteiger partial charge in [-0.25, -0.2) is 8.78 Å². The highest BCUT2D eigenvalue weighted by molar-refractivity contribution is 7.71. The lowest BCUT2D eigenvalue weighted by molar-refractivity contribution is 0.507. The van der Waals surface area contributed by atoms with Gasteiger partial charge in [-0.1, -0.05) is 37.3 Å². The van der Waals surface area contributed by atoms with E-state index in [1.54, 1.807) is 4.57 Å². The number of rotatable bonds is 3. The average molecular weight is 304 g/mol. The van der Waals surface area contributed by atoms with Crippen molar-refractivity contribution in [1.82, 2.24) is 9.55 Å². The molecule has 1 heterocycles. The van der Waals surface area contributed by atoms with Gasteiger partial charge in [-0.3, -0.25) is 0 Å². The number of halogens is 2. The maximum atomic E-state index is 14.1. The van der Waals surface area contributed by atoms with Gasteiger partial charge in [-0.2, -0.15) is 0 Å². The van der Waals surface area contributed by atoms with Crippen molar-refractivity contribution in [3.63, 3.8) is 0 Å². The first-order valence-electron chi connectivity index (χ1n) is 6.69. The molecule has 2 aromatic carbocycles. The van der Waals surface area contributed by atoms with Crippen LogP contribution in [-0.4, -0.2) is 9.55 Å². The van der Waals surface area contributed by atoms with Crippen molar-refractivity contribution < 1.29 is 8.78 Å². The van der Waals surface area contributed by atoms with E-state index in [-0.39, 0.29) is 11.4 Å². The van der Waals surface area contributed by atoms with Gasteiger partial charge in [0.05, 0.1) is 5.52 Å². The fourth-order valence-corrected chi connectivity index (χ4v) is 2.80. The molecule has 5 heteroatoms. The van der Waals surface area contributed by atoms with Crippen molar-refractivity contribution in [1.29, 1.82) is 0 Å². The number of fused-ring (bicyclic) bond motifs is 1. The van der Waals surface area contributed by atoms with Gasteiger partial charge in [0.2, 0.25) is 0 Å². The molecule has 108 valence electrons. The first-order chi connectivity index (χ1) is 10.1. The summed E-state index contributed by atoms with van der Waals surface area (Å²) in [6.45, 7) is 2.52. The van der Waals surface area contributed by atoms with E-state index in [4.69, 9.17) is 12.2 Å². The van der Waals surface area contributed by atoms with E-state index in [0.29, 0.717) is 16.8 Å². The molecule has 3 rings (SSSR count). The zero-order chi connectivity index (χ0) is 15.0. The van der Waals surface area contributed by atoms with Crippen molar-refractivity contribution in [2.45, 2.75) is 19.4 Å². The standard InChI is InChI=1S/C16H14F2N2S/c1-10(11-5-3-2-4-6-11)9-20-15-13(19-16(20)21)8-7-12(17)14(15)18/h2-8,10H,9H2,1H3,(H,19,21). The van der Waals surface area contributed by atoms with Gasteiger partial charge in [0.1, 0.15) is 5.52 Å². The Kier molecular flexibility index (Phi) is 3.59. The van der Waals surface area contributed by atoms with E-state index in [9.17, 15) is 8.78 Å². The van der Waals surface area contributed by atoms with Gasteiger partial charge in [0.25, 0.3) is 0 Å². The topological polar surface area (TPSA) is 20.7 Å². The third-order valence-corrected chi connectivity index (χ3v) is 3.97. The van der Waals surface area contributed by atoms with Gasteiger partial charge in [0.15, 0.2) is 16.4 Å². The van der Waals surface area contributed by atoms with Crippen molar-refractivity contribution in [3.8, 4) is 0 Å². The van der Waals surface area contributed by atoms with Crippen LogP contribution >= 0.6 is 12.2 Å². The van der Waals surface area contributed by atoms with Crippen LogP contribution in [-0.2, 0) is 6.54 Å². The molecule has 0 fully saturated rings. The molecule has 21 heavy (non-hydrogen) atoms. The summed E-state index contributed by atoms with van der Waals surface area (Å²) >= 11 is 5.24. The summed E-state index contributed by atoms with van der Waals surface area (Å²) in [6, 6.07) is 12.5. The molecule has 2 nitrogen and oxygen atoms in total. The summed E-state index contributed by atoms with van der Waals surface area (Å²) in [6.07, 6.45) is 0. The number of imidazole rings is 1. The maximum Gasteiger partial charge on any atom is 0.184 e. The van der Waals surface area contributed by atoms with E-state index in [1.807, 2.05) is 37.3 Å². The van der Waals surface area contributed by atoms with Gasteiger partial charge < -0.3 is 9.55 Å². The Morgan fingerprint density at radius 3 is 2.57 bits per heavy atom. The van der Waals surface area contributed by atoms with Crippen LogP contribution in [0.15, 0.2) is 42.5 Å². The summed E-state index contributed by atoms with van der Waals surface area (Å²) in [5.74, 6) is -1.59. The van der Waals surface area contributed by atoms with Crippen LogP contribution in [0.1, 0.15) is 18.4 Å². The fourth-order valence-electron chi connectivity index (χ4n) is 2.52. The minimum Gasteiger partial charge on any atom is -0.330 e. The highest BCUT2D eigenvalue weighted by Crippen LogP contribution is 2.24. The minimum atomic E-state index is -0.863. The van der Waals surface area contributed by atoms with E-state index in [2.05, 4.69) is 4.98 Å². The number of hydrogen-bond donors (Lipinski definition) is 1. The Hall–Kier alpha value is -2.01. The Bertz CT molecular complexity index is 837. The molecule has 0 aliphatic heterocycles. The number of aromatic nitrogens is 2. The van der Waals surface area contributed by atoms with Crippen molar-refractivity contribution in [3.05, 3.63) is 64.4 Å². The summed E-state index contributed by atoms with van der Waals surface area (Å²) in [4.78, 5) is 2.92. The van der Waals surface area contributed by atoms with Crippen LogP contribution in [0.4, 0.5) is 8.78 Å². The van der Waals surface area contributed by atoms with E-state index in [1.165, 1.54) is 6.07 Å². The lowest BCUT2D eigenvalue weighted by Gasteiger charge is -2.13. The highest BCUT2D eigenvalue weighted by atomic mass is 32.1. The largest absolute Gasteiger partial charge is 0.330 e. The number of H-pyrrole nitrogens is 1. The van der Waals surface area contributed by atoms with Gasteiger partial charge in [-0.05, 0) is 35.8 Å². The summed E-state index contributed by atoms with van der Waals surface area (Å²) in [5.41, 5.74) is 1.84. The lowest BCUT2D eigenvalue weighted by atomic mass is 10.0. The number of benzene rings is 2. The molecule has 0 aliphatic carbocycles. The molecular weight excluding hydrogens is 290 g/mol. The van der Waals surface area contributed by atoms with Crippen molar-refractivity contribution >= 4 is 23.3 Å². The number of hydrogen-bond acceptors (Lipinski definition) is 1. The molecule has 0 bridgehead atoms. The number of aromatic amines is 1. The SMILES string of the molecule is CC(Cn1c(=S)[nH]c2ccc(F)c(F)c21)c1ccccc1. The second kappa shape index (κ2) is 5.41. The molecule has 0 aliphatic rings. The summed E-state index contributed by atoms with van der Waals surface area (Å²) < 4.78 is 29.6. The highest BCUT2D eigenvalue weighted by Gasteiger charge is 2.16. The first-order valence-corrected chi connectivity index (χ1v) is 7.10. The van der Waals surface area contributed by atoms with E-state index < -0.39 is 11.6 Å². The lowest BCUT2D eigenvalue weighted by Crippen LogP contribution is -2.07. The Morgan fingerprint density at radius 1 is 1.14 bits per heavy atom. The average Bonchev–Trinajstić information content (AvgIpc) is 2.81. The Balaban J connectivity index is 2.07. The predicted octanol–water partition coefficient (Wildman–Crippen LogP) is 4.78. The molecule has 1 N–H and O–H groups in total. The van der Waals surface area contributed by atoms with Crippen LogP contribution in [0.3, 0.4) is 0 Å². The molecule has 1 atom stereocenters. The maximum absolute atomic E-state index is 14.1. The third kappa shape index (κ3) is 2.49. The molecular formula is C16H14F2N2S. The first kappa shape index (κ1) is 13.9. The molecule has 3 aromatic rings. The van der Waals surface area contributed by atoms with Crippen LogP contribution < -0.4 is 0 Å². The zero-order valence-electron chi connectivity index (χ0n) is 11.4. The van der Waals surface area contributed by atoms with Crippen LogP contribution in [0.25, 0.3) is 11.0 Å². The normalized spacial score (nSPS) is 12.7. The molecule has 0 spiro atoms. The van der Waals surface area contributed by atoms with Gasteiger partial charge >= 0.3 is 0 Å². The van der Waals surface area contributed by atoms with Crippen molar-refractivity contribution in [2.75, 3.05) is 0 Å². The third-order valence-electron chi connectivity index (χ3n) is 3.65. The van der Waals surface area contributed by atoms with E-state index in [0.717, 1.165) is 11.6 Å². The molecule has 0 radical (unpaired) electrons. The molecule has 0 saturated heterocycles. The Morgan fingerprint density at radius 2 is 1.86 bits per heavy atom. The fraction of sp³-hybridized carbons (Fsp3) is 0.188. The number of nitrogens with one attached hydrogen (secondary N) is 1. The molecule has 0 amide bonds. The van der Waals surface area contributed by atoms with Crippen LogP contribution in [0.2, 0.25) is 0 Å². The quantitative estimate of drug-likeness (QED) is 0.691. The monoisotopic (exact) mass is 304 g/mol. The van der Waals surface area contributed by atoms with Crippen LogP contribution in [0.5, 0.6) is 0 Å². The van der Waals surface area contributed by atoms with Gasteiger partial charge in [-0.15, -0.1) is 0 Å².